The molecule has 2 saturated heterocycles. The molecule has 0 radical (unpaired) electrons. The highest BCUT2D eigenvalue weighted by Gasteiger charge is 2.54. The highest BCUT2D eigenvalue weighted by Crippen LogP contribution is 2.38. The lowest BCUT2D eigenvalue weighted by molar-refractivity contribution is 0.205. The van der Waals surface area contributed by atoms with Crippen LogP contribution in [0, 0.1) is 19.7 Å². The molecule has 28 heavy (non-hydrogen) atoms. The van der Waals surface area contributed by atoms with Crippen molar-refractivity contribution in [2.24, 2.45) is 0 Å². The molecule has 2 aliphatic heterocycles. The van der Waals surface area contributed by atoms with Crippen molar-refractivity contribution in [3.05, 3.63) is 63.9 Å². The number of hydrogen-bond donors (Lipinski definition) is 0. The van der Waals surface area contributed by atoms with E-state index in [1.165, 1.54) is 17.0 Å². The van der Waals surface area contributed by atoms with E-state index >= 15 is 0 Å². The predicted octanol–water partition coefficient (Wildman–Crippen LogP) is 3.70. The molecule has 2 aromatic carbocycles. The van der Waals surface area contributed by atoms with Gasteiger partial charge in [0.15, 0.2) is 9.84 Å². The number of hydrogen-bond acceptors (Lipinski definition) is 3. The summed E-state index contributed by atoms with van der Waals surface area (Å²) in [5.74, 6) is -0.738. The van der Waals surface area contributed by atoms with Crippen LogP contribution in [0.4, 0.5) is 14.9 Å². The largest absolute Gasteiger partial charge is 0.325 e. The first-order valence-electron chi connectivity index (χ1n) is 8.98. The number of rotatable bonds is 3. The van der Waals surface area contributed by atoms with Crippen LogP contribution in [0.3, 0.4) is 0 Å². The topological polar surface area (TPSA) is 57.7 Å². The molecule has 2 atom stereocenters. The summed E-state index contributed by atoms with van der Waals surface area (Å²) in [6.07, 6.45) is 0. The van der Waals surface area contributed by atoms with Gasteiger partial charge in [-0.2, -0.15) is 0 Å². The van der Waals surface area contributed by atoms with E-state index in [1.54, 1.807) is 11.0 Å². The molecule has 0 unspecified atom stereocenters. The fourth-order valence-corrected chi connectivity index (χ4v) is 6.25. The van der Waals surface area contributed by atoms with E-state index in [1.807, 2.05) is 32.0 Å². The predicted molar refractivity (Wildman–Crippen MR) is 107 cm³/mol. The van der Waals surface area contributed by atoms with Crippen LogP contribution in [0.2, 0.25) is 5.02 Å². The summed E-state index contributed by atoms with van der Waals surface area (Å²) in [5.41, 5.74) is 2.75. The summed E-state index contributed by atoms with van der Waals surface area (Å²) in [7, 11) is -3.30. The van der Waals surface area contributed by atoms with Crippen molar-refractivity contribution in [1.29, 1.82) is 0 Å². The molecule has 4 rings (SSSR count). The average molecular weight is 423 g/mol. The van der Waals surface area contributed by atoms with Crippen LogP contribution < -0.4 is 4.90 Å². The summed E-state index contributed by atoms with van der Waals surface area (Å²) in [4.78, 5) is 16.3. The lowest BCUT2D eigenvalue weighted by Crippen LogP contribution is -2.38. The minimum atomic E-state index is -3.30. The van der Waals surface area contributed by atoms with E-state index < -0.39 is 27.7 Å². The average Bonchev–Trinajstić information content (AvgIpc) is 3.04. The lowest BCUT2D eigenvalue weighted by atomic mass is 10.1. The Kier molecular flexibility index (Phi) is 4.62. The third-order valence-corrected chi connectivity index (χ3v) is 7.54. The maximum atomic E-state index is 14.3. The molecule has 148 valence electrons. The molecule has 2 fully saturated rings. The molecule has 0 aromatic heterocycles. The van der Waals surface area contributed by atoms with Crippen molar-refractivity contribution in [1.82, 2.24) is 4.90 Å². The van der Waals surface area contributed by atoms with Gasteiger partial charge in [-0.25, -0.2) is 17.6 Å². The van der Waals surface area contributed by atoms with Crippen molar-refractivity contribution in [2.75, 3.05) is 16.4 Å². The molecule has 2 aromatic rings. The number of urea groups is 1. The Morgan fingerprint density at radius 3 is 2.57 bits per heavy atom. The van der Waals surface area contributed by atoms with E-state index in [0.717, 1.165) is 11.1 Å². The minimum Gasteiger partial charge on any atom is -0.314 e. The van der Waals surface area contributed by atoms with Gasteiger partial charge in [0.05, 0.1) is 30.1 Å². The third kappa shape index (κ3) is 3.16. The molecule has 5 nitrogen and oxygen atoms in total. The Labute approximate surface area is 168 Å². The number of halogens is 2. The normalized spacial score (nSPS) is 23.4. The van der Waals surface area contributed by atoms with Crippen LogP contribution in [-0.4, -0.2) is 42.9 Å². The van der Waals surface area contributed by atoms with Gasteiger partial charge in [0.2, 0.25) is 0 Å². The summed E-state index contributed by atoms with van der Waals surface area (Å²) in [5, 5.41) is 0.218. The summed E-state index contributed by atoms with van der Waals surface area (Å²) in [6, 6.07) is 8.73. The lowest BCUT2D eigenvalue weighted by Gasteiger charge is -2.24. The Hall–Kier alpha value is -2.12. The number of sulfone groups is 1. The van der Waals surface area contributed by atoms with Crippen LogP contribution in [0.15, 0.2) is 36.4 Å². The summed E-state index contributed by atoms with van der Waals surface area (Å²) >= 11 is 6.14. The fraction of sp³-hybridized carbons (Fsp3) is 0.350. The van der Waals surface area contributed by atoms with Crippen molar-refractivity contribution in [3.63, 3.8) is 0 Å². The number of nitrogens with zero attached hydrogens (tertiary/aromatic N) is 2. The first-order chi connectivity index (χ1) is 13.2. The number of aryl methyl sites for hydroxylation is 2. The second kappa shape index (κ2) is 6.74. The minimum absolute atomic E-state index is 0.0671. The number of amides is 2. The number of anilines is 1. The maximum absolute atomic E-state index is 14.3. The highest BCUT2D eigenvalue weighted by molar-refractivity contribution is 7.91. The van der Waals surface area contributed by atoms with E-state index in [-0.39, 0.29) is 34.7 Å². The SMILES string of the molecule is Cc1ccc(C)c(N2C(=O)N(Cc3c(F)cccc3Cl)[C@H]3CS(=O)(=O)C[C@@H]32)c1. The highest BCUT2D eigenvalue weighted by atomic mass is 35.5. The Morgan fingerprint density at radius 2 is 1.86 bits per heavy atom. The maximum Gasteiger partial charge on any atom is 0.325 e. The van der Waals surface area contributed by atoms with Gasteiger partial charge in [-0.3, -0.25) is 4.90 Å². The second-order valence-corrected chi connectivity index (χ2v) is 10.0. The number of benzene rings is 2. The zero-order valence-corrected chi connectivity index (χ0v) is 17.1. The van der Waals surface area contributed by atoms with Crippen LogP contribution in [-0.2, 0) is 16.4 Å². The third-order valence-electron chi connectivity index (χ3n) is 5.49. The van der Waals surface area contributed by atoms with Gasteiger partial charge in [-0.05, 0) is 43.2 Å². The number of carbonyl (C=O) groups excluding carboxylic acids is 1. The first-order valence-corrected chi connectivity index (χ1v) is 11.2. The van der Waals surface area contributed by atoms with Crippen LogP contribution in [0.1, 0.15) is 16.7 Å². The van der Waals surface area contributed by atoms with Crippen LogP contribution in [0.25, 0.3) is 0 Å². The van der Waals surface area contributed by atoms with Crippen LogP contribution >= 0.6 is 11.6 Å². The summed E-state index contributed by atoms with van der Waals surface area (Å²) < 4.78 is 39.0. The van der Waals surface area contributed by atoms with Gasteiger partial charge in [-0.15, -0.1) is 0 Å². The standard InChI is InChI=1S/C20H20ClFN2O3S/c1-12-6-7-13(2)17(8-12)24-19-11-28(26,27)10-18(19)23(20(24)25)9-14-15(21)4-3-5-16(14)22/h3-8,18-19H,9-11H2,1-2H3/t18-,19-/m0/s1. The molecule has 8 heteroatoms. The van der Waals surface area contributed by atoms with E-state index in [4.69, 9.17) is 11.6 Å². The van der Waals surface area contributed by atoms with Crippen molar-refractivity contribution >= 4 is 33.2 Å². The Balaban J connectivity index is 1.78. The second-order valence-electron chi connectivity index (χ2n) is 7.48. The molecule has 0 saturated carbocycles. The van der Waals surface area contributed by atoms with Gasteiger partial charge in [0.25, 0.3) is 0 Å². The molecule has 2 amide bonds. The van der Waals surface area contributed by atoms with Gasteiger partial charge in [0, 0.05) is 16.3 Å². The molecule has 0 spiro atoms. The van der Waals surface area contributed by atoms with Crippen molar-refractivity contribution in [2.45, 2.75) is 32.5 Å². The molecule has 0 N–H and O–H groups in total. The number of fused-ring (bicyclic) bond motifs is 1. The zero-order valence-electron chi connectivity index (χ0n) is 15.5. The van der Waals surface area contributed by atoms with E-state index in [9.17, 15) is 17.6 Å². The molecule has 0 aliphatic carbocycles. The molecule has 2 aliphatic rings. The molecular formula is C20H20ClFN2O3S. The van der Waals surface area contributed by atoms with Gasteiger partial charge in [-0.1, -0.05) is 29.8 Å². The smallest absolute Gasteiger partial charge is 0.314 e. The first kappa shape index (κ1) is 19.2. The Morgan fingerprint density at radius 1 is 1.14 bits per heavy atom. The molecule has 0 bridgehead atoms. The Bertz CT molecular complexity index is 1050. The summed E-state index contributed by atoms with van der Waals surface area (Å²) in [6.45, 7) is 3.74. The molecular weight excluding hydrogens is 403 g/mol. The van der Waals surface area contributed by atoms with Crippen LogP contribution in [0.5, 0.6) is 0 Å². The monoisotopic (exact) mass is 422 g/mol. The van der Waals surface area contributed by atoms with E-state index in [0.29, 0.717) is 5.69 Å². The van der Waals surface area contributed by atoms with Crippen molar-refractivity contribution in [3.8, 4) is 0 Å². The zero-order chi connectivity index (χ0) is 20.2. The fourth-order valence-electron chi connectivity index (χ4n) is 4.08. The molecule has 2 heterocycles. The van der Waals surface area contributed by atoms with Crippen molar-refractivity contribution < 1.29 is 17.6 Å². The van der Waals surface area contributed by atoms with Gasteiger partial charge in [0.1, 0.15) is 5.82 Å². The number of carbonyl (C=O) groups is 1. The van der Waals surface area contributed by atoms with Gasteiger partial charge < -0.3 is 4.90 Å². The quantitative estimate of drug-likeness (QED) is 0.708. The van der Waals surface area contributed by atoms with E-state index in [2.05, 4.69) is 0 Å². The van der Waals surface area contributed by atoms with Gasteiger partial charge >= 0.3 is 6.03 Å².